The van der Waals surface area contributed by atoms with E-state index in [-0.39, 0.29) is 11.9 Å². The maximum absolute atomic E-state index is 13.7. The van der Waals surface area contributed by atoms with Crippen LogP contribution in [0.15, 0.2) is 34.8 Å². The summed E-state index contributed by atoms with van der Waals surface area (Å²) in [6.07, 6.45) is 0. The molecule has 112 valence electrons. The standard InChI is InChI=1S/C18H21BrFN/c1-5-21-18(14-8-15(19)10-16(20)9-14)17-7-12(3)11(2)6-13(17)4/h6-10,18,21H,5H2,1-4H3. The third-order valence-electron chi connectivity index (χ3n) is 3.82. The lowest BCUT2D eigenvalue weighted by Crippen LogP contribution is -2.23. The SMILES string of the molecule is CCNC(c1cc(F)cc(Br)c1)c1cc(C)c(C)cc1C. The molecule has 0 spiro atoms. The van der Waals surface area contributed by atoms with Crippen molar-refractivity contribution >= 4 is 15.9 Å². The molecule has 1 unspecified atom stereocenters. The summed E-state index contributed by atoms with van der Waals surface area (Å²) in [6.45, 7) is 9.24. The Balaban J connectivity index is 2.55. The Morgan fingerprint density at radius 3 is 2.29 bits per heavy atom. The highest BCUT2D eigenvalue weighted by Crippen LogP contribution is 2.29. The van der Waals surface area contributed by atoms with Crippen molar-refractivity contribution in [1.82, 2.24) is 5.32 Å². The van der Waals surface area contributed by atoms with E-state index in [4.69, 9.17) is 0 Å². The Kier molecular flexibility index (Phi) is 5.17. The van der Waals surface area contributed by atoms with Gasteiger partial charge in [0, 0.05) is 4.47 Å². The average molecular weight is 350 g/mol. The maximum Gasteiger partial charge on any atom is 0.124 e. The van der Waals surface area contributed by atoms with Crippen LogP contribution in [-0.2, 0) is 0 Å². The van der Waals surface area contributed by atoms with Crippen molar-refractivity contribution in [2.45, 2.75) is 33.7 Å². The van der Waals surface area contributed by atoms with E-state index in [1.807, 2.05) is 6.07 Å². The summed E-state index contributed by atoms with van der Waals surface area (Å²) >= 11 is 3.38. The molecule has 0 aliphatic heterocycles. The first-order chi connectivity index (χ1) is 9.92. The van der Waals surface area contributed by atoms with Crippen molar-refractivity contribution in [1.29, 1.82) is 0 Å². The molecule has 3 heteroatoms. The van der Waals surface area contributed by atoms with E-state index in [1.165, 1.54) is 28.3 Å². The lowest BCUT2D eigenvalue weighted by molar-refractivity contribution is 0.600. The molecular formula is C18H21BrFN. The quantitative estimate of drug-likeness (QED) is 0.798. The van der Waals surface area contributed by atoms with E-state index in [9.17, 15) is 4.39 Å². The van der Waals surface area contributed by atoms with Gasteiger partial charge in [-0.3, -0.25) is 0 Å². The van der Waals surface area contributed by atoms with Crippen LogP contribution >= 0.6 is 15.9 Å². The Morgan fingerprint density at radius 2 is 1.67 bits per heavy atom. The normalized spacial score (nSPS) is 12.5. The van der Waals surface area contributed by atoms with Gasteiger partial charge in [-0.05, 0) is 73.3 Å². The molecule has 0 bridgehead atoms. The van der Waals surface area contributed by atoms with Gasteiger partial charge in [-0.1, -0.05) is 35.0 Å². The Bertz CT molecular complexity index is 632. The molecule has 21 heavy (non-hydrogen) atoms. The fraction of sp³-hybridized carbons (Fsp3) is 0.333. The van der Waals surface area contributed by atoms with Crippen LogP contribution in [0.5, 0.6) is 0 Å². The van der Waals surface area contributed by atoms with Crippen LogP contribution < -0.4 is 5.32 Å². The molecule has 0 amide bonds. The smallest absolute Gasteiger partial charge is 0.124 e. The monoisotopic (exact) mass is 349 g/mol. The Morgan fingerprint density at radius 1 is 1.00 bits per heavy atom. The Hall–Kier alpha value is -1.19. The number of rotatable bonds is 4. The molecule has 0 heterocycles. The summed E-state index contributed by atoms with van der Waals surface area (Å²) in [6, 6.07) is 9.47. The molecule has 0 radical (unpaired) electrons. The zero-order chi connectivity index (χ0) is 15.6. The molecule has 0 aliphatic carbocycles. The first kappa shape index (κ1) is 16.2. The zero-order valence-corrected chi connectivity index (χ0v) is 14.5. The molecule has 2 rings (SSSR count). The third-order valence-corrected chi connectivity index (χ3v) is 4.28. The van der Waals surface area contributed by atoms with Crippen LogP contribution in [-0.4, -0.2) is 6.54 Å². The fourth-order valence-electron chi connectivity index (χ4n) is 2.65. The first-order valence-corrected chi connectivity index (χ1v) is 7.98. The van der Waals surface area contributed by atoms with Crippen molar-refractivity contribution in [2.24, 2.45) is 0 Å². The summed E-state index contributed by atoms with van der Waals surface area (Å²) in [7, 11) is 0. The third kappa shape index (κ3) is 3.72. The highest BCUT2D eigenvalue weighted by Gasteiger charge is 2.17. The van der Waals surface area contributed by atoms with Gasteiger partial charge in [-0.2, -0.15) is 0 Å². The summed E-state index contributed by atoms with van der Waals surface area (Å²) in [4.78, 5) is 0. The van der Waals surface area contributed by atoms with Crippen molar-refractivity contribution in [3.63, 3.8) is 0 Å². The van der Waals surface area contributed by atoms with Gasteiger partial charge in [-0.15, -0.1) is 0 Å². The van der Waals surface area contributed by atoms with E-state index in [0.717, 1.165) is 16.6 Å². The molecule has 1 nitrogen and oxygen atoms in total. The molecule has 0 fully saturated rings. The van der Waals surface area contributed by atoms with Crippen LogP contribution in [0, 0.1) is 26.6 Å². The van der Waals surface area contributed by atoms with Crippen LogP contribution in [0.1, 0.15) is 40.8 Å². The number of aryl methyl sites for hydroxylation is 3. The van der Waals surface area contributed by atoms with Crippen molar-refractivity contribution < 1.29 is 4.39 Å². The van der Waals surface area contributed by atoms with Crippen LogP contribution in [0.25, 0.3) is 0 Å². The molecule has 0 aromatic heterocycles. The molecule has 2 aromatic rings. The van der Waals surface area contributed by atoms with Gasteiger partial charge in [0.05, 0.1) is 6.04 Å². The topological polar surface area (TPSA) is 12.0 Å². The summed E-state index contributed by atoms with van der Waals surface area (Å²) in [5, 5.41) is 3.47. The molecule has 0 saturated heterocycles. The predicted molar refractivity (Wildman–Crippen MR) is 90.3 cm³/mol. The lowest BCUT2D eigenvalue weighted by atomic mass is 9.91. The predicted octanol–water partition coefficient (Wildman–Crippen LogP) is 5.21. The number of hydrogen-bond donors (Lipinski definition) is 1. The minimum Gasteiger partial charge on any atom is -0.307 e. The van der Waals surface area contributed by atoms with Gasteiger partial charge < -0.3 is 5.32 Å². The minimum atomic E-state index is -0.219. The fourth-order valence-corrected chi connectivity index (χ4v) is 3.13. The van der Waals surface area contributed by atoms with E-state index in [0.29, 0.717) is 0 Å². The summed E-state index contributed by atoms with van der Waals surface area (Å²) in [5.74, 6) is -0.219. The average Bonchev–Trinajstić information content (AvgIpc) is 2.39. The summed E-state index contributed by atoms with van der Waals surface area (Å²) < 4.78 is 14.5. The van der Waals surface area contributed by atoms with E-state index < -0.39 is 0 Å². The second-order valence-corrected chi connectivity index (χ2v) is 6.40. The van der Waals surface area contributed by atoms with E-state index in [2.05, 4.69) is 61.1 Å². The van der Waals surface area contributed by atoms with E-state index in [1.54, 1.807) is 6.07 Å². The Labute approximate surface area is 134 Å². The van der Waals surface area contributed by atoms with Gasteiger partial charge in [0.25, 0.3) is 0 Å². The zero-order valence-electron chi connectivity index (χ0n) is 12.9. The van der Waals surface area contributed by atoms with Crippen molar-refractivity contribution in [2.75, 3.05) is 6.54 Å². The number of hydrogen-bond acceptors (Lipinski definition) is 1. The molecular weight excluding hydrogens is 329 g/mol. The van der Waals surface area contributed by atoms with Crippen LogP contribution in [0.2, 0.25) is 0 Å². The number of nitrogens with one attached hydrogen (secondary N) is 1. The van der Waals surface area contributed by atoms with Crippen molar-refractivity contribution in [3.05, 3.63) is 68.4 Å². The van der Waals surface area contributed by atoms with Crippen LogP contribution in [0.3, 0.4) is 0 Å². The van der Waals surface area contributed by atoms with Gasteiger partial charge in [0.2, 0.25) is 0 Å². The lowest BCUT2D eigenvalue weighted by Gasteiger charge is -2.22. The van der Waals surface area contributed by atoms with Crippen LogP contribution in [0.4, 0.5) is 4.39 Å². The molecule has 0 aliphatic rings. The van der Waals surface area contributed by atoms with Gasteiger partial charge in [0.15, 0.2) is 0 Å². The van der Waals surface area contributed by atoms with Gasteiger partial charge in [-0.25, -0.2) is 4.39 Å². The highest BCUT2D eigenvalue weighted by molar-refractivity contribution is 9.10. The molecule has 1 atom stereocenters. The second-order valence-electron chi connectivity index (χ2n) is 5.49. The number of benzene rings is 2. The maximum atomic E-state index is 13.7. The largest absolute Gasteiger partial charge is 0.307 e. The second kappa shape index (κ2) is 6.71. The summed E-state index contributed by atoms with van der Waals surface area (Å²) in [5.41, 5.74) is 5.91. The molecule has 0 saturated carbocycles. The first-order valence-electron chi connectivity index (χ1n) is 7.19. The minimum absolute atomic E-state index is 0.00120. The van der Waals surface area contributed by atoms with Crippen molar-refractivity contribution in [3.8, 4) is 0 Å². The molecule has 1 N–H and O–H groups in total. The number of halogens is 2. The van der Waals surface area contributed by atoms with Gasteiger partial charge >= 0.3 is 0 Å². The van der Waals surface area contributed by atoms with Gasteiger partial charge in [0.1, 0.15) is 5.82 Å². The molecule has 2 aromatic carbocycles. The van der Waals surface area contributed by atoms with E-state index >= 15 is 0 Å². The highest BCUT2D eigenvalue weighted by atomic mass is 79.9.